The number of carboxylic acid groups (broad SMARTS) is 1. The lowest BCUT2D eigenvalue weighted by Crippen LogP contribution is -2.04. The number of fused-ring (bicyclic) bond motifs is 1. The van der Waals surface area contributed by atoms with Gasteiger partial charge in [-0.15, -0.1) is 0 Å². The van der Waals surface area contributed by atoms with Crippen LogP contribution in [0.2, 0.25) is 0 Å². The number of carboxylic acids is 1. The molecule has 0 aliphatic carbocycles. The topological polar surface area (TPSA) is 57.5 Å². The van der Waals surface area contributed by atoms with Gasteiger partial charge < -0.3 is 10.2 Å². The zero-order valence-corrected chi connectivity index (χ0v) is 16.5. The normalized spacial score (nSPS) is 11.9. The molecule has 4 rings (SSSR count). The van der Waals surface area contributed by atoms with Crippen molar-refractivity contribution in [3.05, 3.63) is 114 Å². The Morgan fingerprint density at radius 2 is 1.30 bits per heavy atom. The molecule has 0 fully saturated rings. The van der Waals surface area contributed by atoms with Gasteiger partial charge in [-0.1, -0.05) is 91.0 Å². The molecular weight excluding hydrogens is 372 g/mol. The first-order chi connectivity index (χ1) is 14.6. The van der Waals surface area contributed by atoms with Crippen LogP contribution >= 0.6 is 0 Å². The Balaban J connectivity index is 1.58. The molecule has 4 aromatic rings. The van der Waals surface area contributed by atoms with Crippen molar-refractivity contribution >= 4 is 22.3 Å². The number of aliphatic hydroxyl groups is 1. The molecule has 0 aromatic heterocycles. The first-order valence-corrected chi connectivity index (χ1v) is 9.91. The van der Waals surface area contributed by atoms with Crippen molar-refractivity contribution in [3.8, 4) is 11.1 Å². The molecule has 3 nitrogen and oxygen atoms in total. The SMILES string of the molecule is O=C(O)/C(O)=C(\CCc1ccc(-c2ccccc2)cc1)c1ccc2ccccc2c1. The van der Waals surface area contributed by atoms with Crippen molar-refractivity contribution in [1.82, 2.24) is 0 Å². The standard InChI is InChI=1S/C27H22O3/c28-26(27(29)30)25(24-16-15-21-8-4-5-9-23(21)18-24)17-12-19-10-13-22(14-11-19)20-6-2-1-3-7-20/h1-11,13-16,18,28H,12,17H2,(H,29,30)/b26-25-. The van der Waals surface area contributed by atoms with E-state index in [-0.39, 0.29) is 0 Å². The van der Waals surface area contributed by atoms with E-state index in [2.05, 4.69) is 36.4 Å². The third-order valence-electron chi connectivity index (χ3n) is 5.31. The minimum absolute atomic E-state index is 0.432. The molecule has 0 heterocycles. The molecule has 30 heavy (non-hydrogen) atoms. The van der Waals surface area contributed by atoms with Crippen LogP contribution in [0.5, 0.6) is 0 Å². The maximum Gasteiger partial charge on any atom is 0.371 e. The lowest BCUT2D eigenvalue weighted by molar-refractivity contribution is -0.135. The Hall–Kier alpha value is -3.85. The van der Waals surface area contributed by atoms with Gasteiger partial charge in [0, 0.05) is 5.57 Å². The molecule has 0 amide bonds. The van der Waals surface area contributed by atoms with Crippen molar-refractivity contribution in [3.63, 3.8) is 0 Å². The second-order valence-electron chi connectivity index (χ2n) is 7.26. The summed E-state index contributed by atoms with van der Waals surface area (Å²) < 4.78 is 0. The number of aliphatic carboxylic acids is 1. The van der Waals surface area contributed by atoms with Crippen LogP contribution in [0.3, 0.4) is 0 Å². The van der Waals surface area contributed by atoms with Crippen molar-refractivity contribution in [1.29, 1.82) is 0 Å². The largest absolute Gasteiger partial charge is 0.502 e. The minimum atomic E-state index is -1.31. The summed E-state index contributed by atoms with van der Waals surface area (Å²) in [6.45, 7) is 0. The summed E-state index contributed by atoms with van der Waals surface area (Å²) in [5.74, 6) is -1.90. The van der Waals surface area contributed by atoms with Gasteiger partial charge in [0.15, 0.2) is 0 Å². The highest BCUT2D eigenvalue weighted by Crippen LogP contribution is 2.28. The smallest absolute Gasteiger partial charge is 0.371 e. The fourth-order valence-electron chi connectivity index (χ4n) is 3.67. The number of benzene rings is 4. The molecule has 0 aliphatic rings. The predicted octanol–water partition coefficient (Wildman–Crippen LogP) is 6.49. The quantitative estimate of drug-likeness (QED) is 0.290. The number of hydrogen-bond donors (Lipinski definition) is 2. The highest BCUT2D eigenvalue weighted by atomic mass is 16.4. The number of rotatable bonds is 6. The van der Waals surface area contributed by atoms with Crippen LogP contribution in [0.25, 0.3) is 27.5 Å². The number of carbonyl (C=O) groups is 1. The molecule has 0 unspecified atom stereocenters. The molecule has 0 radical (unpaired) electrons. The van der Waals surface area contributed by atoms with Gasteiger partial charge in [-0.3, -0.25) is 0 Å². The summed E-state index contributed by atoms with van der Waals surface area (Å²) in [7, 11) is 0. The Kier molecular flexibility index (Phi) is 5.62. The molecule has 4 aromatic carbocycles. The molecule has 0 bridgehead atoms. The van der Waals surface area contributed by atoms with E-state index in [0.717, 1.165) is 33.0 Å². The molecule has 148 valence electrons. The number of aryl methyl sites for hydroxylation is 1. The first kappa shape index (κ1) is 19.5. The van der Waals surface area contributed by atoms with Gasteiger partial charge >= 0.3 is 5.97 Å². The van der Waals surface area contributed by atoms with E-state index in [0.29, 0.717) is 18.4 Å². The van der Waals surface area contributed by atoms with Crippen LogP contribution in [-0.4, -0.2) is 16.2 Å². The summed E-state index contributed by atoms with van der Waals surface area (Å²) in [5.41, 5.74) is 4.56. The summed E-state index contributed by atoms with van der Waals surface area (Å²) >= 11 is 0. The third-order valence-corrected chi connectivity index (χ3v) is 5.31. The zero-order valence-electron chi connectivity index (χ0n) is 16.5. The maximum atomic E-state index is 11.5. The van der Waals surface area contributed by atoms with E-state index in [9.17, 15) is 15.0 Å². The molecular formula is C27H22O3. The van der Waals surface area contributed by atoms with Crippen molar-refractivity contribution < 1.29 is 15.0 Å². The summed E-state index contributed by atoms with van der Waals surface area (Å²) in [5, 5.41) is 21.7. The van der Waals surface area contributed by atoms with Crippen LogP contribution in [0.15, 0.2) is 103 Å². The Morgan fingerprint density at radius 3 is 2.00 bits per heavy atom. The van der Waals surface area contributed by atoms with Gasteiger partial charge in [0.05, 0.1) is 0 Å². The fourth-order valence-corrected chi connectivity index (χ4v) is 3.67. The Labute approximate surface area is 175 Å². The van der Waals surface area contributed by atoms with Gasteiger partial charge in [-0.2, -0.15) is 0 Å². The van der Waals surface area contributed by atoms with Crippen molar-refractivity contribution in [2.75, 3.05) is 0 Å². The summed E-state index contributed by atoms with van der Waals surface area (Å²) in [6.07, 6.45) is 1.07. The van der Waals surface area contributed by atoms with Crippen LogP contribution in [0, 0.1) is 0 Å². The third kappa shape index (κ3) is 4.26. The van der Waals surface area contributed by atoms with Gasteiger partial charge in [-0.05, 0) is 51.9 Å². The van der Waals surface area contributed by atoms with Crippen molar-refractivity contribution in [2.45, 2.75) is 12.8 Å². The van der Waals surface area contributed by atoms with Gasteiger partial charge in [0.2, 0.25) is 5.76 Å². The highest BCUT2D eigenvalue weighted by Gasteiger charge is 2.15. The molecule has 2 N–H and O–H groups in total. The van der Waals surface area contributed by atoms with E-state index in [1.165, 1.54) is 0 Å². The molecule has 0 atom stereocenters. The average Bonchev–Trinajstić information content (AvgIpc) is 2.80. The van der Waals surface area contributed by atoms with Crippen LogP contribution < -0.4 is 0 Å². The molecule has 0 saturated heterocycles. The monoisotopic (exact) mass is 394 g/mol. The van der Waals surface area contributed by atoms with Gasteiger partial charge in [0.1, 0.15) is 0 Å². The van der Waals surface area contributed by atoms with Crippen LogP contribution in [-0.2, 0) is 11.2 Å². The Morgan fingerprint density at radius 1 is 0.667 bits per heavy atom. The zero-order chi connectivity index (χ0) is 20.9. The lowest BCUT2D eigenvalue weighted by Gasteiger charge is -2.11. The van der Waals surface area contributed by atoms with Crippen molar-refractivity contribution in [2.24, 2.45) is 0 Å². The van der Waals surface area contributed by atoms with Crippen LogP contribution in [0.1, 0.15) is 17.5 Å². The van der Waals surface area contributed by atoms with E-state index < -0.39 is 11.7 Å². The minimum Gasteiger partial charge on any atom is -0.502 e. The second kappa shape index (κ2) is 8.66. The average molecular weight is 394 g/mol. The number of aliphatic hydroxyl groups excluding tert-OH is 1. The lowest BCUT2D eigenvalue weighted by atomic mass is 9.94. The first-order valence-electron chi connectivity index (χ1n) is 9.91. The van der Waals surface area contributed by atoms with E-state index in [4.69, 9.17) is 0 Å². The molecule has 0 spiro atoms. The predicted molar refractivity (Wildman–Crippen MR) is 121 cm³/mol. The second-order valence-corrected chi connectivity index (χ2v) is 7.26. The summed E-state index contributed by atoms with van der Waals surface area (Å²) in [4.78, 5) is 11.5. The highest BCUT2D eigenvalue weighted by molar-refractivity contribution is 5.95. The summed E-state index contributed by atoms with van der Waals surface area (Å²) in [6, 6.07) is 32.1. The van der Waals surface area contributed by atoms with Crippen LogP contribution in [0.4, 0.5) is 0 Å². The van der Waals surface area contributed by atoms with E-state index in [1.807, 2.05) is 60.7 Å². The number of hydrogen-bond acceptors (Lipinski definition) is 2. The molecule has 0 saturated carbocycles. The molecule has 0 aliphatic heterocycles. The van der Waals surface area contributed by atoms with E-state index in [1.54, 1.807) is 0 Å². The Bertz CT molecular complexity index is 1210. The fraction of sp³-hybridized carbons (Fsp3) is 0.0741. The van der Waals surface area contributed by atoms with Gasteiger partial charge in [-0.25, -0.2) is 4.79 Å². The molecule has 3 heteroatoms. The van der Waals surface area contributed by atoms with E-state index >= 15 is 0 Å². The van der Waals surface area contributed by atoms with Gasteiger partial charge in [0.25, 0.3) is 0 Å². The maximum absolute atomic E-state index is 11.5. The number of allylic oxidation sites excluding steroid dienone is 1.